The Labute approximate surface area is 192 Å². The third-order valence-electron chi connectivity index (χ3n) is 6.49. The van der Waals surface area contributed by atoms with Crippen LogP contribution in [-0.4, -0.2) is 35.1 Å². The number of nitrogens with one attached hydrogen (secondary N) is 1. The Balaban J connectivity index is 1.47. The van der Waals surface area contributed by atoms with Crippen LogP contribution in [0.25, 0.3) is 10.9 Å². The van der Waals surface area contributed by atoms with Gasteiger partial charge in [-0.15, -0.1) is 5.10 Å². The number of nitrogens with zero attached hydrogens (tertiary/aromatic N) is 6. The molecule has 0 atom stereocenters. The predicted octanol–water partition coefficient (Wildman–Crippen LogP) is 3.84. The van der Waals surface area contributed by atoms with Crippen LogP contribution >= 0.6 is 0 Å². The van der Waals surface area contributed by atoms with Gasteiger partial charge in [0.25, 0.3) is 5.56 Å². The molecule has 0 radical (unpaired) electrons. The van der Waals surface area contributed by atoms with Gasteiger partial charge in [0, 0.05) is 31.0 Å². The number of rotatable bonds is 7. The number of hydrogen-bond donors (Lipinski definition) is 1. The second kappa shape index (κ2) is 9.23. The third-order valence-corrected chi connectivity index (χ3v) is 6.49. The van der Waals surface area contributed by atoms with Gasteiger partial charge in [0.15, 0.2) is 5.82 Å². The fourth-order valence-electron chi connectivity index (χ4n) is 4.96. The summed E-state index contributed by atoms with van der Waals surface area (Å²) in [4.78, 5) is 22.6. The lowest BCUT2D eigenvalue weighted by Crippen LogP contribution is -2.28. The van der Waals surface area contributed by atoms with Crippen molar-refractivity contribution in [2.45, 2.75) is 65.2 Å². The Hall–Kier alpha value is -3.39. The second-order valence-electron chi connectivity index (χ2n) is 9.15. The molecule has 8 nitrogen and oxygen atoms in total. The van der Waals surface area contributed by atoms with Crippen LogP contribution in [0.5, 0.6) is 0 Å². The average molecular weight is 444 g/mol. The number of fused-ring (bicyclic) bond motifs is 1. The number of pyridine rings is 2. The zero-order valence-corrected chi connectivity index (χ0v) is 19.2. The molecule has 3 heterocycles. The number of aromatic nitrogens is 6. The minimum absolute atomic E-state index is 0.0546. The van der Waals surface area contributed by atoms with Crippen LogP contribution in [0, 0.1) is 13.8 Å². The maximum Gasteiger partial charge on any atom is 0.252 e. The van der Waals surface area contributed by atoms with E-state index < -0.39 is 0 Å². The zero-order valence-electron chi connectivity index (χ0n) is 19.2. The lowest BCUT2D eigenvalue weighted by Gasteiger charge is -2.23. The Morgan fingerprint density at radius 2 is 1.97 bits per heavy atom. The number of benzene rings is 1. The van der Waals surface area contributed by atoms with Crippen LogP contribution in [0.15, 0.2) is 47.5 Å². The number of H-pyrrole nitrogens is 1. The maximum absolute atomic E-state index is 13.0. The molecular weight excluding hydrogens is 414 g/mol. The molecule has 1 aliphatic rings. The van der Waals surface area contributed by atoms with Gasteiger partial charge in [0.2, 0.25) is 0 Å². The zero-order chi connectivity index (χ0) is 22.8. The summed E-state index contributed by atoms with van der Waals surface area (Å²) in [5.41, 5.74) is 4.93. The summed E-state index contributed by atoms with van der Waals surface area (Å²) in [6.45, 7) is 5.81. The van der Waals surface area contributed by atoms with E-state index >= 15 is 0 Å². The first-order valence-corrected chi connectivity index (χ1v) is 11.6. The summed E-state index contributed by atoms with van der Waals surface area (Å²) < 4.78 is 1.99. The van der Waals surface area contributed by atoms with Gasteiger partial charge in [0.1, 0.15) is 0 Å². The fraction of sp³-hybridized carbons (Fsp3) is 0.400. The number of tetrazole rings is 1. The maximum atomic E-state index is 13.0. The van der Waals surface area contributed by atoms with Crippen molar-refractivity contribution in [1.82, 2.24) is 35.1 Å². The first-order chi connectivity index (χ1) is 16.1. The standard InChI is InChI=1S/C25H29N7O/c1-17-10-18(2)24-20(11-17)12-21(25(33)27-24)15-31(14-19-6-5-9-26-13-19)16-23-28-29-30-32(23)22-7-3-4-8-22/h5-6,9-13,22H,3-4,7-8,14-16H2,1-2H3,(H,27,33). The van der Waals surface area contributed by atoms with Gasteiger partial charge in [-0.05, 0) is 71.8 Å². The molecular formula is C25H29N7O. The van der Waals surface area contributed by atoms with Crippen molar-refractivity contribution in [2.24, 2.45) is 0 Å². The van der Waals surface area contributed by atoms with E-state index in [1.54, 1.807) is 6.20 Å². The van der Waals surface area contributed by atoms with Crippen molar-refractivity contribution in [2.75, 3.05) is 0 Å². The van der Waals surface area contributed by atoms with E-state index in [1.807, 2.05) is 29.9 Å². The highest BCUT2D eigenvalue weighted by Gasteiger charge is 2.23. The Kier molecular flexibility index (Phi) is 6.00. The molecule has 0 unspecified atom stereocenters. The smallest absolute Gasteiger partial charge is 0.252 e. The number of aromatic amines is 1. The molecule has 1 fully saturated rings. The molecule has 5 rings (SSSR count). The Bertz CT molecular complexity index is 1310. The van der Waals surface area contributed by atoms with E-state index in [1.165, 1.54) is 18.4 Å². The van der Waals surface area contributed by atoms with Crippen LogP contribution in [0.3, 0.4) is 0 Å². The van der Waals surface area contributed by atoms with E-state index in [2.05, 4.69) is 55.5 Å². The second-order valence-corrected chi connectivity index (χ2v) is 9.15. The van der Waals surface area contributed by atoms with Crippen molar-refractivity contribution in [3.05, 3.63) is 81.2 Å². The van der Waals surface area contributed by atoms with Gasteiger partial charge < -0.3 is 4.98 Å². The highest BCUT2D eigenvalue weighted by atomic mass is 16.1. The number of hydrogen-bond acceptors (Lipinski definition) is 6. The van der Waals surface area contributed by atoms with Crippen LogP contribution < -0.4 is 5.56 Å². The largest absolute Gasteiger partial charge is 0.321 e. The SMILES string of the molecule is Cc1cc(C)c2[nH]c(=O)c(CN(Cc3cccnc3)Cc3nnnn3C3CCCC3)cc2c1. The van der Waals surface area contributed by atoms with Gasteiger partial charge in [0.05, 0.1) is 18.1 Å². The molecule has 0 bridgehead atoms. The van der Waals surface area contributed by atoms with E-state index in [0.717, 1.165) is 46.3 Å². The molecule has 0 spiro atoms. The summed E-state index contributed by atoms with van der Waals surface area (Å²) in [5, 5.41) is 13.7. The Morgan fingerprint density at radius 3 is 2.76 bits per heavy atom. The molecule has 0 saturated heterocycles. The van der Waals surface area contributed by atoms with Crippen LogP contribution in [0.4, 0.5) is 0 Å². The van der Waals surface area contributed by atoms with Crippen LogP contribution in [0.2, 0.25) is 0 Å². The van der Waals surface area contributed by atoms with Crippen LogP contribution in [0.1, 0.15) is 59.8 Å². The van der Waals surface area contributed by atoms with Crippen molar-refractivity contribution in [1.29, 1.82) is 0 Å². The molecule has 8 heteroatoms. The monoisotopic (exact) mass is 443 g/mol. The third kappa shape index (κ3) is 4.71. The predicted molar refractivity (Wildman–Crippen MR) is 127 cm³/mol. The molecule has 170 valence electrons. The summed E-state index contributed by atoms with van der Waals surface area (Å²) in [5.74, 6) is 0.842. The lowest BCUT2D eigenvalue weighted by atomic mass is 10.0. The molecule has 0 aliphatic heterocycles. The molecule has 4 aromatic rings. The van der Waals surface area contributed by atoms with Gasteiger partial charge in [-0.2, -0.15) is 0 Å². The molecule has 1 N–H and O–H groups in total. The average Bonchev–Trinajstić information content (AvgIpc) is 3.47. The first kappa shape index (κ1) is 21.5. The highest BCUT2D eigenvalue weighted by Crippen LogP contribution is 2.29. The van der Waals surface area contributed by atoms with Gasteiger partial charge in [-0.3, -0.25) is 14.7 Å². The van der Waals surface area contributed by atoms with Gasteiger partial charge in [-0.1, -0.05) is 30.5 Å². The molecule has 1 aromatic carbocycles. The van der Waals surface area contributed by atoms with E-state index in [9.17, 15) is 4.79 Å². The summed E-state index contributed by atoms with van der Waals surface area (Å²) >= 11 is 0. The minimum atomic E-state index is -0.0546. The number of aryl methyl sites for hydroxylation is 2. The molecule has 3 aromatic heterocycles. The summed E-state index contributed by atoms with van der Waals surface area (Å²) in [6.07, 6.45) is 8.30. The quantitative estimate of drug-likeness (QED) is 0.466. The molecule has 33 heavy (non-hydrogen) atoms. The topological polar surface area (TPSA) is 92.6 Å². The summed E-state index contributed by atoms with van der Waals surface area (Å²) in [6, 6.07) is 10.6. The van der Waals surface area contributed by atoms with E-state index in [0.29, 0.717) is 25.7 Å². The Morgan fingerprint density at radius 1 is 1.12 bits per heavy atom. The van der Waals surface area contributed by atoms with Crippen molar-refractivity contribution in [3.8, 4) is 0 Å². The minimum Gasteiger partial charge on any atom is -0.321 e. The fourth-order valence-corrected chi connectivity index (χ4v) is 4.96. The van der Waals surface area contributed by atoms with Gasteiger partial charge in [-0.25, -0.2) is 4.68 Å². The van der Waals surface area contributed by atoms with Crippen molar-refractivity contribution < 1.29 is 0 Å². The molecule has 0 amide bonds. The summed E-state index contributed by atoms with van der Waals surface area (Å²) in [7, 11) is 0. The van der Waals surface area contributed by atoms with Crippen molar-refractivity contribution >= 4 is 10.9 Å². The normalized spacial score (nSPS) is 14.5. The van der Waals surface area contributed by atoms with Gasteiger partial charge >= 0.3 is 0 Å². The first-order valence-electron chi connectivity index (χ1n) is 11.6. The molecule has 1 aliphatic carbocycles. The van der Waals surface area contributed by atoms with Crippen molar-refractivity contribution in [3.63, 3.8) is 0 Å². The lowest BCUT2D eigenvalue weighted by molar-refractivity contribution is 0.231. The van der Waals surface area contributed by atoms with E-state index in [4.69, 9.17) is 0 Å². The van der Waals surface area contributed by atoms with E-state index in [-0.39, 0.29) is 5.56 Å². The molecule has 1 saturated carbocycles. The highest BCUT2D eigenvalue weighted by molar-refractivity contribution is 5.82. The van der Waals surface area contributed by atoms with Crippen LogP contribution in [-0.2, 0) is 19.6 Å².